The Hall–Kier alpha value is -1.26. The van der Waals surface area contributed by atoms with Crippen LogP contribution in [0.4, 0.5) is 4.79 Å². The fraction of sp³-hybridized carbons (Fsp3) is 0.846. The predicted molar refractivity (Wildman–Crippen MR) is 69.4 cm³/mol. The van der Waals surface area contributed by atoms with Crippen LogP contribution in [0.25, 0.3) is 0 Å². The van der Waals surface area contributed by atoms with Crippen molar-refractivity contribution in [3.63, 3.8) is 0 Å². The number of hydrogen-bond donors (Lipinski definition) is 3. The zero-order valence-corrected chi connectivity index (χ0v) is 11.3. The second kappa shape index (κ2) is 6.61. The van der Waals surface area contributed by atoms with Crippen molar-refractivity contribution in [2.24, 2.45) is 5.41 Å². The van der Waals surface area contributed by atoms with E-state index in [0.717, 1.165) is 25.7 Å². The highest BCUT2D eigenvalue weighted by atomic mass is 16.4. The molecule has 0 unspecified atom stereocenters. The Labute approximate surface area is 108 Å². The standard InChI is InChI=1S/C13H24N2O3/c1-10(2)15-12(18)14-9-13(8-11(16)17)6-4-3-5-7-13/h10H,3-9H2,1-2H3,(H,16,17)(H2,14,15,18). The first-order valence-corrected chi connectivity index (χ1v) is 6.70. The first-order valence-electron chi connectivity index (χ1n) is 6.70. The van der Waals surface area contributed by atoms with Gasteiger partial charge in [-0.1, -0.05) is 19.3 Å². The average Bonchev–Trinajstić information content (AvgIpc) is 2.26. The fourth-order valence-corrected chi connectivity index (χ4v) is 2.62. The maximum absolute atomic E-state index is 11.6. The lowest BCUT2D eigenvalue weighted by Gasteiger charge is -2.36. The van der Waals surface area contributed by atoms with Gasteiger partial charge in [-0.05, 0) is 32.1 Å². The zero-order chi connectivity index (χ0) is 13.6. The third kappa shape index (κ3) is 4.94. The van der Waals surface area contributed by atoms with E-state index in [1.807, 2.05) is 13.8 Å². The Bertz CT molecular complexity index is 297. The SMILES string of the molecule is CC(C)NC(=O)NCC1(CC(=O)O)CCCCC1. The molecule has 1 aliphatic rings. The summed E-state index contributed by atoms with van der Waals surface area (Å²) in [4.78, 5) is 22.5. The van der Waals surface area contributed by atoms with Crippen molar-refractivity contribution in [2.45, 2.75) is 58.4 Å². The number of aliphatic carboxylic acids is 1. The smallest absolute Gasteiger partial charge is 0.315 e. The van der Waals surface area contributed by atoms with Crippen LogP contribution in [-0.4, -0.2) is 29.7 Å². The summed E-state index contributed by atoms with van der Waals surface area (Å²) >= 11 is 0. The van der Waals surface area contributed by atoms with Crippen LogP contribution in [0.5, 0.6) is 0 Å². The lowest BCUT2D eigenvalue weighted by Crippen LogP contribution is -2.46. The lowest BCUT2D eigenvalue weighted by molar-refractivity contribution is -0.140. The van der Waals surface area contributed by atoms with Crippen molar-refractivity contribution >= 4 is 12.0 Å². The van der Waals surface area contributed by atoms with Crippen molar-refractivity contribution in [1.82, 2.24) is 10.6 Å². The number of rotatable bonds is 5. The predicted octanol–water partition coefficient (Wildman–Crippen LogP) is 2.12. The van der Waals surface area contributed by atoms with E-state index in [1.54, 1.807) is 0 Å². The van der Waals surface area contributed by atoms with E-state index < -0.39 is 5.97 Å². The molecule has 1 fully saturated rings. The second-order valence-corrected chi connectivity index (χ2v) is 5.61. The normalized spacial score (nSPS) is 18.4. The van der Waals surface area contributed by atoms with E-state index >= 15 is 0 Å². The molecule has 0 aromatic heterocycles. The topological polar surface area (TPSA) is 78.4 Å². The van der Waals surface area contributed by atoms with Gasteiger partial charge in [0, 0.05) is 12.6 Å². The first kappa shape index (κ1) is 14.8. The number of carboxylic acids is 1. The highest BCUT2D eigenvalue weighted by molar-refractivity contribution is 5.74. The second-order valence-electron chi connectivity index (χ2n) is 5.61. The highest BCUT2D eigenvalue weighted by Crippen LogP contribution is 2.38. The summed E-state index contributed by atoms with van der Waals surface area (Å²) in [6.07, 6.45) is 5.21. The van der Waals surface area contributed by atoms with Crippen molar-refractivity contribution in [1.29, 1.82) is 0 Å². The summed E-state index contributed by atoms with van der Waals surface area (Å²) in [7, 11) is 0. The molecule has 0 aromatic rings. The Balaban J connectivity index is 2.50. The molecule has 5 heteroatoms. The first-order chi connectivity index (χ1) is 8.43. The molecule has 5 nitrogen and oxygen atoms in total. The van der Waals surface area contributed by atoms with Gasteiger partial charge in [0.15, 0.2) is 0 Å². The minimum absolute atomic E-state index is 0.0896. The van der Waals surface area contributed by atoms with Crippen molar-refractivity contribution in [2.75, 3.05) is 6.54 Å². The van der Waals surface area contributed by atoms with Crippen LogP contribution < -0.4 is 10.6 Å². The van der Waals surface area contributed by atoms with Crippen LogP contribution >= 0.6 is 0 Å². The van der Waals surface area contributed by atoms with Gasteiger partial charge in [0.1, 0.15) is 0 Å². The van der Waals surface area contributed by atoms with E-state index in [-0.39, 0.29) is 23.9 Å². The molecule has 18 heavy (non-hydrogen) atoms. The third-order valence-electron chi connectivity index (χ3n) is 3.48. The van der Waals surface area contributed by atoms with Crippen molar-refractivity contribution in [3.8, 4) is 0 Å². The molecule has 0 spiro atoms. The van der Waals surface area contributed by atoms with Crippen LogP contribution in [-0.2, 0) is 4.79 Å². The Morgan fingerprint density at radius 2 is 1.83 bits per heavy atom. The van der Waals surface area contributed by atoms with Gasteiger partial charge in [-0.2, -0.15) is 0 Å². The number of hydrogen-bond acceptors (Lipinski definition) is 2. The number of carbonyl (C=O) groups excluding carboxylic acids is 1. The molecular weight excluding hydrogens is 232 g/mol. The minimum atomic E-state index is -0.775. The van der Waals surface area contributed by atoms with E-state index in [9.17, 15) is 9.59 Å². The molecule has 1 rings (SSSR count). The van der Waals surface area contributed by atoms with Crippen LogP contribution in [0.2, 0.25) is 0 Å². The summed E-state index contributed by atoms with van der Waals surface area (Å²) in [6, 6.07) is -0.118. The molecule has 3 N–H and O–H groups in total. The molecule has 0 aliphatic heterocycles. The summed E-state index contributed by atoms with van der Waals surface area (Å²) in [5.41, 5.74) is -0.252. The van der Waals surface area contributed by atoms with Gasteiger partial charge in [0.25, 0.3) is 0 Å². The summed E-state index contributed by atoms with van der Waals surface area (Å²) in [5, 5.41) is 14.6. The maximum Gasteiger partial charge on any atom is 0.315 e. The Kier molecular flexibility index (Phi) is 5.44. The van der Waals surface area contributed by atoms with E-state index in [1.165, 1.54) is 6.42 Å². The average molecular weight is 256 g/mol. The zero-order valence-electron chi connectivity index (χ0n) is 11.3. The molecule has 0 aromatic carbocycles. The van der Waals surface area contributed by atoms with Crippen molar-refractivity contribution < 1.29 is 14.7 Å². The number of carbonyl (C=O) groups is 2. The summed E-state index contributed by atoms with van der Waals surface area (Å²) < 4.78 is 0. The Morgan fingerprint density at radius 3 is 2.33 bits per heavy atom. The van der Waals surface area contributed by atoms with Gasteiger partial charge in [-0.25, -0.2) is 4.79 Å². The van der Waals surface area contributed by atoms with Gasteiger partial charge in [-0.3, -0.25) is 4.79 Å². The minimum Gasteiger partial charge on any atom is -0.481 e. The molecule has 0 saturated heterocycles. The third-order valence-corrected chi connectivity index (χ3v) is 3.48. The quantitative estimate of drug-likeness (QED) is 0.705. The lowest BCUT2D eigenvalue weighted by atomic mass is 9.72. The number of carboxylic acid groups (broad SMARTS) is 1. The molecule has 2 amide bonds. The molecule has 0 heterocycles. The van der Waals surface area contributed by atoms with Gasteiger partial charge < -0.3 is 15.7 Å². The van der Waals surface area contributed by atoms with E-state index in [2.05, 4.69) is 10.6 Å². The van der Waals surface area contributed by atoms with Gasteiger partial charge in [0.05, 0.1) is 6.42 Å². The molecule has 104 valence electrons. The van der Waals surface area contributed by atoms with Gasteiger partial charge in [-0.15, -0.1) is 0 Å². The largest absolute Gasteiger partial charge is 0.481 e. The Morgan fingerprint density at radius 1 is 1.22 bits per heavy atom. The maximum atomic E-state index is 11.6. The molecule has 0 radical (unpaired) electrons. The van der Waals surface area contributed by atoms with Crippen molar-refractivity contribution in [3.05, 3.63) is 0 Å². The van der Waals surface area contributed by atoms with Crippen LogP contribution in [0.1, 0.15) is 52.4 Å². The van der Waals surface area contributed by atoms with Crippen LogP contribution in [0.3, 0.4) is 0 Å². The van der Waals surface area contributed by atoms with Gasteiger partial charge >= 0.3 is 12.0 Å². The summed E-state index contributed by atoms with van der Waals surface area (Å²) in [5.74, 6) is -0.775. The highest BCUT2D eigenvalue weighted by Gasteiger charge is 2.34. The molecule has 0 bridgehead atoms. The number of urea groups is 1. The monoisotopic (exact) mass is 256 g/mol. The number of nitrogens with one attached hydrogen (secondary N) is 2. The fourth-order valence-electron chi connectivity index (χ4n) is 2.62. The number of amides is 2. The van der Waals surface area contributed by atoms with E-state index in [0.29, 0.717) is 6.54 Å². The molecular formula is C13H24N2O3. The van der Waals surface area contributed by atoms with E-state index in [4.69, 9.17) is 5.11 Å². The molecule has 1 aliphatic carbocycles. The van der Waals surface area contributed by atoms with Crippen LogP contribution in [0, 0.1) is 5.41 Å². The van der Waals surface area contributed by atoms with Gasteiger partial charge in [0.2, 0.25) is 0 Å². The van der Waals surface area contributed by atoms with Crippen LogP contribution in [0.15, 0.2) is 0 Å². The summed E-state index contributed by atoms with van der Waals surface area (Å²) in [6.45, 7) is 4.25. The molecule has 1 saturated carbocycles. The molecule has 0 atom stereocenters.